The third-order valence-corrected chi connectivity index (χ3v) is 4.00. The molecular formula is C20H25NO6. The summed E-state index contributed by atoms with van der Waals surface area (Å²) in [7, 11) is 1.57. The molecule has 0 unspecified atom stereocenters. The quantitative estimate of drug-likeness (QED) is 0.435. The average molecular weight is 375 g/mol. The highest BCUT2D eigenvalue weighted by molar-refractivity contribution is 5.79. The Morgan fingerprint density at radius 1 is 1.15 bits per heavy atom. The monoisotopic (exact) mass is 375 g/mol. The van der Waals surface area contributed by atoms with Crippen LogP contribution in [-0.4, -0.2) is 42.6 Å². The van der Waals surface area contributed by atoms with Crippen molar-refractivity contribution < 1.29 is 29.3 Å². The van der Waals surface area contributed by atoms with Gasteiger partial charge in [0.1, 0.15) is 30.3 Å². The lowest BCUT2D eigenvalue weighted by molar-refractivity contribution is -0.141. The van der Waals surface area contributed by atoms with Gasteiger partial charge in [0.05, 0.1) is 7.11 Å². The maximum absolute atomic E-state index is 11.6. The van der Waals surface area contributed by atoms with Gasteiger partial charge < -0.3 is 19.3 Å². The Balaban J connectivity index is 1.92. The highest BCUT2D eigenvalue weighted by Crippen LogP contribution is 2.21. The Kier molecular flexibility index (Phi) is 8.06. The second kappa shape index (κ2) is 10.5. The van der Waals surface area contributed by atoms with E-state index in [-0.39, 0.29) is 6.61 Å². The van der Waals surface area contributed by atoms with Crippen molar-refractivity contribution in [3.8, 4) is 11.5 Å². The largest absolute Gasteiger partial charge is 0.497 e. The molecule has 3 N–H and O–H groups in total. The number of benzene rings is 2. The third-order valence-electron chi connectivity index (χ3n) is 4.00. The number of methoxy groups -OCH3 is 1. The topological polar surface area (TPSA) is 97.3 Å². The van der Waals surface area contributed by atoms with Gasteiger partial charge in [0.15, 0.2) is 0 Å². The van der Waals surface area contributed by atoms with Gasteiger partial charge in [-0.25, -0.2) is 5.48 Å². The molecule has 0 aliphatic heterocycles. The number of hydrogen-bond acceptors (Lipinski definition) is 6. The van der Waals surface area contributed by atoms with E-state index < -0.39 is 18.1 Å². The van der Waals surface area contributed by atoms with Gasteiger partial charge in [-0.2, -0.15) is 0 Å². The Hall–Kier alpha value is -2.61. The fraction of sp³-hybridized carbons (Fsp3) is 0.350. The molecule has 7 heteroatoms. The van der Waals surface area contributed by atoms with E-state index in [2.05, 4.69) is 0 Å². The number of amides is 1. The van der Waals surface area contributed by atoms with Crippen molar-refractivity contribution in [3.63, 3.8) is 0 Å². The average Bonchev–Trinajstić information content (AvgIpc) is 2.72. The number of rotatable bonds is 10. The van der Waals surface area contributed by atoms with Crippen LogP contribution in [0.2, 0.25) is 0 Å². The van der Waals surface area contributed by atoms with Crippen molar-refractivity contribution in [1.82, 2.24) is 5.48 Å². The number of carbonyl (C=O) groups is 1. The van der Waals surface area contributed by atoms with Crippen LogP contribution in [0.15, 0.2) is 48.5 Å². The molecule has 27 heavy (non-hydrogen) atoms. The Morgan fingerprint density at radius 2 is 1.89 bits per heavy atom. The highest BCUT2D eigenvalue weighted by Gasteiger charge is 2.18. The van der Waals surface area contributed by atoms with Crippen LogP contribution in [0.1, 0.15) is 24.2 Å². The molecule has 7 nitrogen and oxygen atoms in total. The predicted molar refractivity (Wildman–Crippen MR) is 98.9 cm³/mol. The van der Waals surface area contributed by atoms with E-state index >= 15 is 0 Å². The molecule has 1 amide bonds. The number of nitrogens with one attached hydrogen (secondary N) is 1. The Labute approximate surface area is 158 Å². The molecule has 2 aromatic carbocycles. The van der Waals surface area contributed by atoms with Gasteiger partial charge in [-0.15, -0.1) is 0 Å². The summed E-state index contributed by atoms with van der Waals surface area (Å²) in [6.45, 7) is 2.24. The van der Waals surface area contributed by atoms with Gasteiger partial charge in [-0.3, -0.25) is 10.0 Å². The fourth-order valence-electron chi connectivity index (χ4n) is 2.56. The zero-order valence-corrected chi connectivity index (χ0v) is 15.4. The first-order chi connectivity index (χ1) is 13.1. The van der Waals surface area contributed by atoms with Crippen molar-refractivity contribution in [3.05, 3.63) is 59.7 Å². The molecule has 0 saturated carbocycles. The molecule has 2 aromatic rings. The number of hydrogen-bond donors (Lipinski definition) is 3. The minimum Gasteiger partial charge on any atom is -0.497 e. The number of ether oxygens (including phenoxy) is 3. The van der Waals surface area contributed by atoms with Crippen LogP contribution in [0.5, 0.6) is 11.5 Å². The van der Waals surface area contributed by atoms with E-state index in [1.807, 2.05) is 24.3 Å². The van der Waals surface area contributed by atoms with Gasteiger partial charge in [-0.1, -0.05) is 24.3 Å². The van der Waals surface area contributed by atoms with Crippen LogP contribution in [0.25, 0.3) is 0 Å². The Bertz CT molecular complexity index is 719. The molecule has 0 heterocycles. The minimum atomic E-state index is -0.782. The second-order valence-corrected chi connectivity index (χ2v) is 5.87. The lowest BCUT2D eigenvalue weighted by Crippen LogP contribution is -2.36. The second-order valence-electron chi connectivity index (χ2n) is 5.87. The van der Waals surface area contributed by atoms with Crippen molar-refractivity contribution >= 4 is 5.91 Å². The van der Waals surface area contributed by atoms with Crippen LogP contribution >= 0.6 is 0 Å². The maximum atomic E-state index is 11.6. The third kappa shape index (κ3) is 6.25. The molecule has 2 atom stereocenters. The molecular weight excluding hydrogens is 350 g/mol. The molecule has 0 aliphatic carbocycles. The van der Waals surface area contributed by atoms with Crippen LogP contribution < -0.4 is 15.0 Å². The van der Waals surface area contributed by atoms with Crippen molar-refractivity contribution in [1.29, 1.82) is 0 Å². The van der Waals surface area contributed by atoms with E-state index in [9.17, 15) is 9.90 Å². The van der Waals surface area contributed by atoms with E-state index in [4.69, 9.17) is 19.4 Å². The lowest BCUT2D eigenvalue weighted by Gasteiger charge is -2.16. The maximum Gasteiger partial charge on any atom is 0.272 e. The van der Waals surface area contributed by atoms with Crippen LogP contribution in [0, 0.1) is 0 Å². The van der Waals surface area contributed by atoms with Gasteiger partial charge in [0.25, 0.3) is 5.91 Å². The summed E-state index contributed by atoms with van der Waals surface area (Å²) in [4.78, 5) is 11.6. The van der Waals surface area contributed by atoms with Gasteiger partial charge >= 0.3 is 0 Å². The summed E-state index contributed by atoms with van der Waals surface area (Å²) >= 11 is 0. The molecule has 0 bridgehead atoms. The van der Waals surface area contributed by atoms with Crippen molar-refractivity contribution in [2.75, 3.05) is 20.3 Å². The van der Waals surface area contributed by atoms with Gasteiger partial charge in [0, 0.05) is 13.0 Å². The van der Waals surface area contributed by atoms with Crippen LogP contribution in [-0.2, 0) is 16.0 Å². The molecule has 2 rings (SSSR count). The summed E-state index contributed by atoms with van der Waals surface area (Å²) in [6.07, 6.45) is -1.22. The summed E-state index contributed by atoms with van der Waals surface area (Å²) in [5.41, 5.74) is 3.18. The SMILES string of the molecule is CCO[C@H](Cc1ccc(OC[C@H](O)c2cccc(OC)c2)cc1)C(=O)NO. The zero-order chi connectivity index (χ0) is 19.6. The van der Waals surface area contributed by atoms with Gasteiger partial charge in [-0.05, 0) is 42.3 Å². The molecule has 0 saturated heterocycles. The number of aliphatic hydroxyl groups is 1. The molecule has 0 aliphatic rings. The number of aliphatic hydroxyl groups excluding tert-OH is 1. The molecule has 146 valence electrons. The molecule has 0 aromatic heterocycles. The summed E-state index contributed by atoms with van der Waals surface area (Å²) in [5.74, 6) is 0.686. The van der Waals surface area contributed by atoms with Crippen LogP contribution in [0.3, 0.4) is 0 Å². The van der Waals surface area contributed by atoms with E-state index in [0.29, 0.717) is 30.1 Å². The van der Waals surface area contributed by atoms with Crippen molar-refractivity contribution in [2.24, 2.45) is 0 Å². The minimum absolute atomic E-state index is 0.0982. The number of hydroxylamine groups is 1. The molecule has 0 fully saturated rings. The summed E-state index contributed by atoms with van der Waals surface area (Å²) in [5, 5.41) is 19.0. The highest BCUT2D eigenvalue weighted by atomic mass is 16.5. The standard InChI is InChI=1S/C20H25NO6/c1-3-26-19(20(23)21-24)11-14-7-9-16(10-8-14)27-13-18(22)15-5-4-6-17(12-15)25-2/h4-10,12,18-19,22,24H,3,11,13H2,1-2H3,(H,21,23)/t18-,19+/m0/s1. The van der Waals surface area contributed by atoms with Gasteiger partial charge in [0.2, 0.25) is 0 Å². The zero-order valence-electron chi connectivity index (χ0n) is 15.4. The smallest absolute Gasteiger partial charge is 0.272 e. The first kappa shape index (κ1) is 20.7. The first-order valence-electron chi connectivity index (χ1n) is 8.66. The van der Waals surface area contributed by atoms with Crippen LogP contribution in [0.4, 0.5) is 0 Å². The fourth-order valence-corrected chi connectivity index (χ4v) is 2.56. The summed E-state index contributed by atoms with van der Waals surface area (Å²) < 4.78 is 16.1. The lowest BCUT2D eigenvalue weighted by atomic mass is 10.1. The normalized spacial score (nSPS) is 12.9. The number of carbonyl (C=O) groups excluding carboxylic acids is 1. The van der Waals surface area contributed by atoms with E-state index in [1.165, 1.54) is 0 Å². The molecule has 0 radical (unpaired) electrons. The van der Waals surface area contributed by atoms with E-state index in [0.717, 1.165) is 5.56 Å². The van der Waals surface area contributed by atoms with Crippen molar-refractivity contribution in [2.45, 2.75) is 25.6 Å². The predicted octanol–water partition coefficient (Wildman–Crippen LogP) is 2.26. The molecule has 0 spiro atoms. The van der Waals surface area contributed by atoms with E-state index in [1.54, 1.807) is 43.8 Å². The Morgan fingerprint density at radius 3 is 2.52 bits per heavy atom. The summed E-state index contributed by atoms with van der Waals surface area (Å²) in [6, 6.07) is 14.3. The first-order valence-corrected chi connectivity index (χ1v) is 8.66.